The summed E-state index contributed by atoms with van der Waals surface area (Å²) in [4.78, 5) is 0. The van der Waals surface area contributed by atoms with Gasteiger partial charge in [0, 0.05) is 17.1 Å². The zero-order valence-electron chi connectivity index (χ0n) is 3.32. The van der Waals surface area contributed by atoms with Crippen molar-refractivity contribution in [1.82, 2.24) is 0 Å². The number of rotatable bonds is 1. The van der Waals surface area contributed by atoms with Crippen LogP contribution in [0, 0.1) is 0 Å². The molecule has 0 aliphatic carbocycles. The molecular formula is C2H4MnN2O2. The molecule has 0 aliphatic rings. The number of hydrogen-bond acceptors (Lipinski definition) is 4. The summed E-state index contributed by atoms with van der Waals surface area (Å²) in [5, 5.41) is 20.1. The first-order valence-electron chi connectivity index (χ1n) is 1.25. The zero-order chi connectivity index (χ0) is 4.83. The van der Waals surface area contributed by atoms with Gasteiger partial charge in [-0.1, -0.05) is 10.3 Å². The Bertz CT molecular complexity index is 62.1. The van der Waals surface area contributed by atoms with E-state index < -0.39 is 0 Å². The van der Waals surface area contributed by atoms with Crippen molar-refractivity contribution in [3.05, 3.63) is 0 Å². The molecule has 0 amide bonds. The van der Waals surface area contributed by atoms with Crippen molar-refractivity contribution in [3.8, 4) is 0 Å². The van der Waals surface area contributed by atoms with E-state index in [0.29, 0.717) is 0 Å². The second kappa shape index (κ2) is 9.07. The fourth-order valence-corrected chi connectivity index (χ4v) is 0.0596. The molecule has 0 rings (SSSR count). The van der Waals surface area contributed by atoms with Gasteiger partial charge in [0.1, 0.15) is 0 Å². The van der Waals surface area contributed by atoms with Crippen molar-refractivity contribution in [1.29, 1.82) is 0 Å². The Kier molecular flexibility index (Phi) is 12.5. The summed E-state index contributed by atoms with van der Waals surface area (Å²) in [6.45, 7) is 0. The van der Waals surface area contributed by atoms with E-state index in [2.05, 4.69) is 10.3 Å². The number of nitrogens with zero attached hydrogens (tertiary/aromatic N) is 2. The molecule has 0 aromatic carbocycles. The summed E-state index contributed by atoms with van der Waals surface area (Å²) < 4.78 is 0. The number of hydrogen-bond donors (Lipinski definition) is 2. The predicted molar refractivity (Wildman–Crippen MR) is 20.6 cm³/mol. The van der Waals surface area contributed by atoms with Crippen LogP contribution in [-0.4, -0.2) is 22.8 Å². The first-order valence-corrected chi connectivity index (χ1v) is 1.25. The molecule has 4 nitrogen and oxygen atoms in total. The van der Waals surface area contributed by atoms with Crippen LogP contribution in [0.2, 0.25) is 0 Å². The van der Waals surface area contributed by atoms with Crippen LogP contribution in [0.1, 0.15) is 0 Å². The molecule has 0 spiro atoms. The van der Waals surface area contributed by atoms with Gasteiger partial charge in [0.2, 0.25) is 0 Å². The zero-order valence-corrected chi connectivity index (χ0v) is 4.50. The fourth-order valence-electron chi connectivity index (χ4n) is 0.0596. The quantitative estimate of drug-likeness (QED) is 0.233. The molecule has 0 bridgehead atoms. The summed E-state index contributed by atoms with van der Waals surface area (Å²) in [5.74, 6) is 0. The van der Waals surface area contributed by atoms with Crippen molar-refractivity contribution in [3.63, 3.8) is 0 Å². The number of oxime groups is 2. The molecule has 0 fully saturated rings. The molecule has 41 valence electrons. The SMILES string of the molecule is O/N=C/C=N/O.[Mn]. The molecule has 0 atom stereocenters. The summed E-state index contributed by atoms with van der Waals surface area (Å²) >= 11 is 0. The molecular weight excluding hydrogens is 139 g/mol. The second-order valence-corrected chi connectivity index (χ2v) is 0.529. The van der Waals surface area contributed by atoms with Crippen LogP contribution in [0.4, 0.5) is 0 Å². The van der Waals surface area contributed by atoms with Crippen LogP contribution in [-0.2, 0) is 17.1 Å². The Hall–Kier alpha value is -0.541. The van der Waals surface area contributed by atoms with Gasteiger partial charge in [0.15, 0.2) is 0 Å². The van der Waals surface area contributed by atoms with Gasteiger partial charge in [0.25, 0.3) is 0 Å². The van der Waals surface area contributed by atoms with Crippen molar-refractivity contribution in [2.24, 2.45) is 10.3 Å². The van der Waals surface area contributed by atoms with Crippen LogP contribution in [0.3, 0.4) is 0 Å². The Labute approximate surface area is 51.0 Å². The van der Waals surface area contributed by atoms with E-state index in [1.807, 2.05) is 0 Å². The molecule has 1 radical (unpaired) electrons. The van der Waals surface area contributed by atoms with Crippen molar-refractivity contribution >= 4 is 12.4 Å². The topological polar surface area (TPSA) is 65.2 Å². The molecule has 0 saturated heterocycles. The van der Waals surface area contributed by atoms with Crippen molar-refractivity contribution in [2.45, 2.75) is 0 Å². The van der Waals surface area contributed by atoms with E-state index in [0.717, 1.165) is 12.4 Å². The molecule has 0 aromatic rings. The summed E-state index contributed by atoms with van der Waals surface area (Å²) in [7, 11) is 0. The first kappa shape index (κ1) is 9.68. The van der Waals surface area contributed by atoms with E-state index in [-0.39, 0.29) is 17.1 Å². The molecule has 7 heavy (non-hydrogen) atoms. The van der Waals surface area contributed by atoms with Crippen LogP contribution < -0.4 is 0 Å². The molecule has 0 unspecified atom stereocenters. The smallest absolute Gasteiger partial charge is 0.0877 e. The van der Waals surface area contributed by atoms with Gasteiger partial charge < -0.3 is 10.4 Å². The maximum absolute atomic E-state index is 7.56. The van der Waals surface area contributed by atoms with Gasteiger partial charge in [0.05, 0.1) is 12.4 Å². The van der Waals surface area contributed by atoms with E-state index in [9.17, 15) is 0 Å². The molecule has 0 saturated carbocycles. The minimum Gasteiger partial charge on any atom is -0.411 e. The van der Waals surface area contributed by atoms with Crippen LogP contribution >= 0.6 is 0 Å². The molecule has 5 heteroatoms. The normalized spacial score (nSPS) is 9.71. The molecule has 0 aromatic heterocycles. The molecule has 0 aliphatic heterocycles. The van der Waals surface area contributed by atoms with Gasteiger partial charge >= 0.3 is 0 Å². The van der Waals surface area contributed by atoms with Gasteiger partial charge in [-0.15, -0.1) is 0 Å². The van der Waals surface area contributed by atoms with Gasteiger partial charge in [-0.3, -0.25) is 0 Å². The maximum Gasteiger partial charge on any atom is 0.0877 e. The monoisotopic (exact) mass is 143 g/mol. The largest absolute Gasteiger partial charge is 0.411 e. The van der Waals surface area contributed by atoms with Gasteiger partial charge in [-0.05, 0) is 0 Å². The van der Waals surface area contributed by atoms with Crippen LogP contribution in [0.5, 0.6) is 0 Å². The summed E-state index contributed by atoms with van der Waals surface area (Å²) in [6, 6.07) is 0. The van der Waals surface area contributed by atoms with Crippen LogP contribution in [0.15, 0.2) is 10.3 Å². The predicted octanol–water partition coefficient (Wildman–Crippen LogP) is -0.0961. The Morgan fingerprint density at radius 3 is 1.43 bits per heavy atom. The second-order valence-electron chi connectivity index (χ2n) is 0.529. The first-order chi connectivity index (χ1) is 2.91. The maximum atomic E-state index is 7.56. The van der Waals surface area contributed by atoms with E-state index in [1.165, 1.54) is 0 Å². The standard InChI is InChI=1S/C2H4N2O2.Mn/c5-3-1-2-4-6;/h1-2,5-6H;/b3-1+,4-2+;. The van der Waals surface area contributed by atoms with E-state index in [4.69, 9.17) is 10.4 Å². The minimum absolute atomic E-state index is 0. The average molecular weight is 143 g/mol. The van der Waals surface area contributed by atoms with Crippen LogP contribution in [0.25, 0.3) is 0 Å². The van der Waals surface area contributed by atoms with E-state index >= 15 is 0 Å². The van der Waals surface area contributed by atoms with Crippen molar-refractivity contribution in [2.75, 3.05) is 0 Å². The van der Waals surface area contributed by atoms with Gasteiger partial charge in [-0.25, -0.2) is 0 Å². The van der Waals surface area contributed by atoms with Crippen molar-refractivity contribution < 1.29 is 27.5 Å². The Morgan fingerprint density at radius 1 is 1.00 bits per heavy atom. The minimum atomic E-state index is 0. The average Bonchev–Trinajstić information content (AvgIpc) is 1.61. The van der Waals surface area contributed by atoms with E-state index in [1.54, 1.807) is 0 Å². The third kappa shape index (κ3) is 10.8. The molecule has 0 heterocycles. The Morgan fingerprint density at radius 2 is 1.29 bits per heavy atom. The summed E-state index contributed by atoms with van der Waals surface area (Å²) in [5.41, 5.74) is 0. The van der Waals surface area contributed by atoms with Gasteiger partial charge in [-0.2, -0.15) is 0 Å². The molecule has 2 N–H and O–H groups in total. The third-order valence-electron chi connectivity index (χ3n) is 0.200. The summed E-state index contributed by atoms with van der Waals surface area (Å²) in [6.07, 6.45) is 1.89. The fraction of sp³-hybridized carbons (Fsp3) is 0. The Balaban J connectivity index is 0. The third-order valence-corrected chi connectivity index (χ3v) is 0.200.